The zero-order chi connectivity index (χ0) is 20.3. The van der Waals surface area contributed by atoms with E-state index in [1.165, 1.54) is 0 Å². The van der Waals surface area contributed by atoms with E-state index >= 15 is 0 Å². The minimum Gasteiger partial charge on any atom is -0.464 e. The first kappa shape index (κ1) is 18.3. The van der Waals surface area contributed by atoms with Crippen LogP contribution in [0.4, 0.5) is 5.82 Å². The summed E-state index contributed by atoms with van der Waals surface area (Å²) >= 11 is 0. The predicted octanol–water partition coefficient (Wildman–Crippen LogP) is 3.68. The van der Waals surface area contributed by atoms with Gasteiger partial charge in [-0.3, -0.25) is 9.78 Å². The maximum Gasteiger partial charge on any atom is 0.251 e. The van der Waals surface area contributed by atoms with Gasteiger partial charge in [-0.2, -0.15) is 5.10 Å². The highest BCUT2D eigenvalue weighted by atomic mass is 16.3. The van der Waals surface area contributed by atoms with Gasteiger partial charge in [-0.05, 0) is 49.2 Å². The number of rotatable bonds is 4. The van der Waals surface area contributed by atoms with E-state index in [9.17, 15) is 4.79 Å². The third kappa shape index (κ3) is 3.61. The van der Waals surface area contributed by atoms with Gasteiger partial charge in [-0.1, -0.05) is 12.1 Å². The summed E-state index contributed by atoms with van der Waals surface area (Å²) in [5.74, 6) is 0.841. The standard InChI is InChI=1S/C23H21N5O2/c29-23(26-18-8-13-28(14-9-18)21-2-1-11-25-27-21)17-5-3-16(4-6-17)22-19-10-15-30-20(19)7-12-24-22/h1-7,10-12,15,18H,8-9,13-14H2,(H,26,29). The number of anilines is 1. The number of piperidine rings is 1. The summed E-state index contributed by atoms with van der Waals surface area (Å²) in [6, 6.07) is 15.3. The number of carbonyl (C=O) groups excluding carboxylic acids is 1. The molecule has 1 fully saturated rings. The molecule has 1 aromatic carbocycles. The Bertz CT molecular complexity index is 1150. The molecule has 1 aliphatic rings. The second-order valence-corrected chi connectivity index (χ2v) is 7.39. The second-order valence-electron chi connectivity index (χ2n) is 7.39. The van der Waals surface area contributed by atoms with E-state index in [4.69, 9.17) is 4.42 Å². The van der Waals surface area contributed by atoms with Gasteiger partial charge in [0.1, 0.15) is 5.58 Å². The molecule has 0 radical (unpaired) electrons. The molecule has 30 heavy (non-hydrogen) atoms. The highest BCUT2D eigenvalue weighted by Gasteiger charge is 2.22. The number of nitrogens with one attached hydrogen (secondary N) is 1. The lowest BCUT2D eigenvalue weighted by Gasteiger charge is -2.32. The van der Waals surface area contributed by atoms with Crippen molar-refractivity contribution in [2.75, 3.05) is 18.0 Å². The summed E-state index contributed by atoms with van der Waals surface area (Å²) in [7, 11) is 0. The second kappa shape index (κ2) is 7.94. The summed E-state index contributed by atoms with van der Waals surface area (Å²) in [5, 5.41) is 12.2. The summed E-state index contributed by atoms with van der Waals surface area (Å²) in [6.45, 7) is 1.70. The van der Waals surface area contributed by atoms with E-state index in [-0.39, 0.29) is 11.9 Å². The van der Waals surface area contributed by atoms with Crippen LogP contribution in [0.3, 0.4) is 0 Å². The van der Waals surface area contributed by atoms with Crippen LogP contribution < -0.4 is 10.2 Å². The van der Waals surface area contributed by atoms with Gasteiger partial charge < -0.3 is 14.6 Å². The lowest BCUT2D eigenvalue weighted by molar-refractivity contribution is 0.0931. The first-order chi connectivity index (χ1) is 14.8. The Kier molecular flexibility index (Phi) is 4.85. The third-order valence-electron chi connectivity index (χ3n) is 5.51. The number of hydrogen-bond donors (Lipinski definition) is 1. The first-order valence-electron chi connectivity index (χ1n) is 10.0. The van der Waals surface area contributed by atoms with Crippen molar-refractivity contribution in [3.63, 3.8) is 0 Å². The van der Waals surface area contributed by atoms with Crippen molar-refractivity contribution in [3.8, 4) is 11.3 Å². The average Bonchev–Trinajstić information content (AvgIpc) is 3.29. The van der Waals surface area contributed by atoms with Crippen LogP contribution in [0.15, 0.2) is 71.6 Å². The molecule has 0 aliphatic carbocycles. The van der Waals surface area contributed by atoms with Gasteiger partial charge in [0.2, 0.25) is 0 Å². The highest BCUT2D eigenvalue weighted by molar-refractivity contribution is 5.96. The fraction of sp³-hybridized carbons (Fsp3) is 0.217. The lowest BCUT2D eigenvalue weighted by atomic mass is 10.0. The minimum absolute atomic E-state index is 0.0472. The van der Waals surface area contributed by atoms with Gasteiger partial charge >= 0.3 is 0 Å². The Labute approximate surface area is 173 Å². The molecule has 7 heteroatoms. The molecule has 1 N–H and O–H groups in total. The number of fused-ring (bicyclic) bond motifs is 1. The summed E-state index contributed by atoms with van der Waals surface area (Å²) in [6.07, 6.45) is 6.83. The molecule has 7 nitrogen and oxygen atoms in total. The fourth-order valence-electron chi connectivity index (χ4n) is 3.89. The van der Waals surface area contributed by atoms with Gasteiger partial charge in [0.05, 0.1) is 12.0 Å². The Morgan fingerprint density at radius 1 is 1.03 bits per heavy atom. The number of pyridine rings is 1. The fourth-order valence-corrected chi connectivity index (χ4v) is 3.89. The molecular formula is C23H21N5O2. The number of nitrogens with zero attached hydrogens (tertiary/aromatic N) is 4. The van der Waals surface area contributed by atoms with Crippen molar-refractivity contribution in [3.05, 3.63) is 72.8 Å². The number of furan rings is 1. The third-order valence-corrected chi connectivity index (χ3v) is 5.51. The number of hydrogen-bond acceptors (Lipinski definition) is 6. The topological polar surface area (TPSA) is 84.2 Å². The smallest absolute Gasteiger partial charge is 0.251 e. The Balaban J connectivity index is 1.23. The maximum absolute atomic E-state index is 12.7. The van der Waals surface area contributed by atoms with Crippen molar-refractivity contribution in [2.24, 2.45) is 0 Å². The Morgan fingerprint density at radius 3 is 2.63 bits per heavy atom. The number of carbonyl (C=O) groups is 1. The van der Waals surface area contributed by atoms with Crippen LogP contribution in [0.25, 0.3) is 22.2 Å². The van der Waals surface area contributed by atoms with Gasteiger partial charge in [-0.15, -0.1) is 5.10 Å². The predicted molar refractivity (Wildman–Crippen MR) is 114 cm³/mol. The Hall–Kier alpha value is -3.74. The molecule has 0 spiro atoms. The van der Waals surface area contributed by atoms with Gasteiger partial charge in [-0.25, -0.2) is 0 Å². The molecule has 0 bridgehead atoms. The number of aromatic nitrogens is 3. The quantitative estimate of drug-likeness (QED) is 0.564. The molecule has 5 rings (SSSR count). The van der Waals surface area contributed by atoms with Crippen LogP contribution >= 0.6 is 0 Å². The van der Waals surface area contributed by atoms with Crippen LogP contribution in [0.2, 0.25) is 0 Å². The maximum atomic E-state index is 12.7. The Morgan fingerprint density at radius 2 is 1.87 bits per heavy atom. The van der Waals surface area contributed by atoms with E-state index in [0.29, 0.717) is 5.56 Å². The minimum atomic E-state index is -0.0472. The molecule has 1 saturated heterocycles. The van der Waals surface area contributed by atoms with Crippen molar-refractivity contribution in [1.29, 1.82) is 0 Å². The first-order valence-corrected chi connectivity index (χ1v) is 10.0. The summed E-state index contributed by atoms with van der Waals surface area (Å²) in [4.78, 5) is 19.4. The van der Waals surface area contributed by atoms with Crippen molar-refractivity contribution in [2.45, 2.75) is 18.9 Å². The van der Waals surface area contributed by atoms with E-state index < -0.39 is 0 Å². The normalized spacial score (nSPS) is 14.7. The molecule has 1 amide bonds. The van der Waals surface area contributed by atoms with Gasteiger partial charge in [0.15, 0.2) is 5.82 Å². The van der Waals surface area contributed by atoms with E-state index in [2.05, 4.69) is 25.4 Å². The molecule has 1 aliphatic heterocycles. The van der Waals surface area contributed by atoms with Crippen LogP contribution in [0, 0.1) is 0 Å². The van der Waals surface area contributed by atoms with E-state index in [1.54, 1.807) is 18.7 Å². The summed E-state index contributed by atoms with van der Waals surface area (Å²) in [5.41, 5.74) is 3.25. The molecule has 4 aromatic rings. The van der Waals surface area contributed by atoms with E-state index in [0.717, 1.165) is 54.0 Å². The van der Waals surface area contributed by atoms with Crippen molar-refractivity contribution >= 4 is 22.7 Å². The molecule has 3 aromatic heterocycles. The van der Waals surface area contributed by atoms with Crippen LogP contribution in [0.5, 0.6) is 0 Å². The zero-order valence-corrected chi connectivity index (χ0v) is 16.4. The van der Waals surface area contributed by atoms with Gasteiger partial charge in [0.25, 0.3) is 5.91 Å². The van der Waals surface area contributed by atoms with Crippen LogP contribution in [-0.4, -0.2) is 40.2 Å². The largest absolute Gasteiger partial charge is 0.464 e. The average molecular weight is 399 g/mol. The van der Waals surface area contributed by atoms with Crippen LogP contribution in [0.1, 0.15) is 23.2 Å². The molecule has 0 atom stereocenters. The van der Waals surface area contributed by atoms with E-state index in [1.807, 2.05) is 48.5 Å². The molecule has 150 valence electrons. The number of amides is 1. The molecule has 0 saturated carbocycles. The monoisotopic (exact) mass is 399 g/mol. The number of benzene rings is 1. The van der Waals surface area contributed by atoms with Crippen LogP contribution in [-0.2, 0) is 0 Å². The SMILES string of the molecule is O=C(NC1CCN(c2cccnn2)CC1)c1ccc(-c2nccc3occc23)cc1. The molecular weight excluding hydrogens is 378 g/mol. The lowest BCUT2D eigenvalue weighted by Crippen LogP contribution is -2.45. The van der Waals surface area contributed by atoms with Crippen molar-refractivity contribution < 1.29 is 9.21 Å². The molecule has 0 unspecified atom stereocenters. The van der Waals surface area contributed by atoms with Crippen molar-refractivity contribution in [1.82, 2.24) is 20.5 Å². The van der Waals surface area contributed by atoms with Gasteiger partial charge in [0, 0.05) is 48.0 Å². The zero-order valence-electron chi connectivity index (χ0n) is 16.4. The highest BCUT2D eigenvalue weighted by Crippen LogP contribution is 2.27. The molecule has 4 heterocycles. The summed E-state index contributed by atoms with van der Waals surface area (Å²) < 4.78 is 5.45.